The SMILES string of the molecule is O=C(CO)OC1CNCCc2ccccc21. The van der Waals surface area contributed by atoms with Gasteiger partial charge in [0.1, 0.15) is 12.7 Å². The molecule has 0 bridgehead atoms. The minimum absolute atomic E-state index is 0.293. The molecular weight excluding hydrogens is 206 g/mol. The van der Waals surface area contributed by atoms with Gasteiger partial charge in [0, 0.05) is 6.54 Å². The predicted molar refractivity (Wildman–Crippen MR) is 58.9 cm³/mol. The summed E-state index contributed by atoms with van der Waals surface area (Å²) < 4.78 is 5.20. The second-order valence-corrected chi connectivity index (χ2v) is 3.79. The summed E-state index contributed by atoms with van der Waals surface area (Å²) in [6.45, 7) is 0.908. The largest absolute Gasteiger partial charge is 0.454 e. The first-order valence-corrected chi connectivity index (χ1v) is 5.40. The molecule has 0 fully saturated rings. The second kappa shape index (κ2) is 5.09. The van der Waals surface area contributed by atoms with E-state index in [0.717, 1.165) is 18.5 Å². The van der Waals surface area contributed by atoms with Crippen molar-refractivity contribution < 1.29 is 14.6 Å². The Balaban J connectivity index is 2.22. The number of aliphatic hydroxyl groups excluding tert-OH is 1. The topological polar surface area (TPSA) is 58.6 Å². The Morgan fingerprint density at radius 2 is 2.31 bits per heavy atom. The van der Waals surface area contributed by atoms with Crippen molar-refractivity contribution in [3.05, 3.63) is 35.4 Å². The Hall–Kier alpha value is -1.39. The average Bonchev–Trinajstić information content (AvgIpc) is 2.52. The smallest absolute Gasteiger partial charge is 0.332 e. The third kappa shape index (κ3) is 2.40. The Labute approximate surface area is 94.2 Å². The van der Waals surface area contributed by atoms with Crippen LogP contribution in [0, 0.1) is 0 Å². The van der Waals surface area contributed by atoms with E-state index in [-0.39, 0.29) is 6.10 Å². The molecule has 1 aromatic carbocycles. The molecule has 0 aliphatic carbocycles. The van der Waals surface area contributed by atoms with E-state index in [2.05, 4.69) is 5.32 Å². The van der Waals surface area contributed by atoms with E-state index < -0.39 is 12.6 Å². The lowest BCUT2D eigenvalue weighted by molar-refractivity contribution is -0.152. The van der Waals surface area contributed by atoms with E-state index in [0.29, 0.717) is 6.54 Å². The lowest BCUT2D eigenvalue weighted by atomic mass is 10.0. The Kier molecular flexibility index (Phi) is 3.54. The molecule has 16 heavy (non-hydrogen) atoms. The van der Waals surface area contributed by atoms with E-state index >= 15 is 0 Å². The van der Waals surface area contributed by atoms with Gasteiger partial charge in [-0.3, -0.25) is 0 Å². The summed E-state index contributed by atoms with van der Waals surface area (Å²) in [5.74, 6) is -0.580. The maximum atomic E-state index is 11.1. The predicted octanol–water partition coefficient (Wildman–Crippen LogP) is 0.409. The van der Waals surface area contributed by atoms with Crippen molar-refractivity contribution in [3.63, 3.8) is 0 Å². The molecule has 1 aliphatic rings. The highest BCUT2D eigenvalue weighted by Gasteiger charge is 2.21. The molecule has 1 atom stereocenters. The zero-order chi connectivity index (χ0) is 11.4. The molecule has 2 N–H and O–H groups in total. The van der Waals surface area contributed by atoms with Crippen LogP contribution < -0.4 is 5.32 Å². The fourth-order valence-electron chi connectivity index (χ4n) is 1.94. The van der Waals surface area contributed by atoms with Gasteiger partial charge < -0.3 is 15.2 Å². The summed E-state index contributed by atoms with van der Waals surface area (Å²) in [5.41, 5.74) is 2.23. The summed E-state index contributed by atoms with van der Waals surface area (Å²) in [6, 6.07) is 7.93. The standard InChI is InChI=1S/C12H15NO3/c14-8-12(15)16-11-7-13-6-5-9-3-1-2-4-10(9)11/h1-4,11,13-14H,5-8H2. The molecule has 0 aromatic heterocycles. The molecule has 1 heterocycles. The number of aliphatic hydroxyl groups is 1. The number of fused-ring (bicyclic) bond motifs is 1. The lowest BCUT2D eigenvalue weighted by Gasteiger charge is -2.17. The van der Waals surface area contributed by atoms with E-state index in [1.54, 1.807) is 0 Å². The molecule has 0 saturated carbocycles. The number of hydrogen-bond acceptors (Lipinski definition) is 4. The molecule has 2 rings (SSSR count). The fraction of sp³-hybridized carbons (Fsp3) is 0.417. The van der Waals surface area contributed by atoms with Crippen molar-refractivity contribution in [1.82, 2.24) is 5.32 Å². The van der Waals surface area contributed by atoms with Crippen molar-refractivity contribution in [1.29, 1.82) is 0 Å². The third-order valence-corrected chi connectivity index (χ3v) is 2.71. The van der Waals surface area contributed by atoms with Crippen LogP contribution in [-0.2, 0) is 16.0 Å². The monoisotopic (exact) mass is 221 g/mol. The van der Waals surface area contributed by atoms with E-state index in [1.807, 2.05) is 24.3 Å². The van der Waals surface area contributed by atoms with Crippen molar-refractivity contribution in [3.8, 4) is 0 Å². The van der Waals surface area contributed by atoms with Crippen LogP contribution in [0.2, 0.25) is 0 Å². The van der Waals surface area contributed by atoms with E-state index in [1.165, 1.54) is 5.56 Å². The molecule has 4 heteroatoms. The molecule has 0 radical (unpaired) electrons. The molecule has 1 aromatic rings. The first-order valence-electron chi connectivity index (χ1n) is 5.40. The first kappa shape index (κ1) is 11.1. The van der Waals surface area contributed by atoms with Crippen molar-refractivity contribution in [2.24, 2.45) is 0 Å². The Morgan fingerprint density at radius 1 is 1.50 bits per heavy atom. The molecule has 1 aliphatic heterocycles. The second-order valence-electron chi connectivity index (χ2n) is 3.79. The zero-order valence-corrected chi connectivity index (χ0v) is 8.98. The van der Waals surface area contributed by atoms with Gasteiger partial charge in [-0.15, -0.1) is 0 Å². The van der Waals surface area contributed by atoms with Crippen molar-refractivity contribution in [2.75, 3.05) is 19.7 Å². The minimum atomic E-state index is -0.580. The number of hydrogen-bond donors (Lipinski definition) is 2. The summed E-state index contributed by atoms with van der Waals surface area (Å²) in [7, 11) is 0. The average molecular weight is 221 g/mol. The van der Waals surface area contributed by atoms with Crippen LogP contribution in [0.1, 0.15) is 17.2 Å². The minimum Gasteiger partial charge on any atom is -0.454 e. The Bertz CT molecular complexity index is 378. The van der Waals surface area contributed by atoms with Crippen LogP contribution in [0.4, 0.5) is 0 Å². The normalized spacial score (nSPS) is 19.7. The summed E-state index contributed by atoms with van der Waals surface area (Å²) in [5, 5.41) is 11.9. The van der Waals surface area contributed by atoms with Crippen molar-refractivity contribution in [2.45, 2.75) is 12.5 Å². The van der Waals surface area contributed by atoms with Crippen LogP contribution >= 0.6 is 0 Å². The number of carbonyl (C=O) groups is 1. The maximum absolute atomic E-state index is 11.1. The molecule has 4 nitrogen and oxygen atoms in total. The van der Waals surface area contributed by atoms with E-state index in [4.69, 9.17) is 9.84 Å². The number of benzene rings is 1. The highest BCUT2D eigenvalue weighted by Crippen LogP contribution is 2.23. The highest BCUT2D eigenvalue weighted by molar-refractivity contribution is 5.70. The van der Waals surface area contributed by atoms with Crippen LogP contribution in [0.5, 0.6) is 0 Å². The van der Waals surface area contributed by atoms with Crippen LogP contribution in [0.15, 0.2) is 24.3 Å². The molecular formula is C12H15NO3. The van der Waals surface area contributed by atoms with Gasteiger partial charge in [0.05, 0.1) is 0 Å². The molecule has 86 valence electrons. The van der Waals surface area contributed by atoms with E-state index in [9.17, 15) is 4.79 Å². The van der Waals surface area contributed by atoms with Gasteiger partial charge in [-0.25, -0.2) is 4.79 Å². The van der Waals surface area contributed by atoms with Crippen LogP contribution in [-0.4, -0.2) is 30.8 Å². The van der Waals surface area contributed by atoms with Gasteiger partial charge in [0.15, 0.2) is 0 Å². The zero-order valence-electron chi connectivity index (χ0n) is 8.98. The number of rotatable bonds is 2. The maximum Gasteiger partial charge on any atom is 0.332 e. The first-order chi connectivity index (χ1) is 7.81. The molecule has 0 spiro atoms. The quantitative estimate of drug-likeness (QED) is 0.710. The summed E-state index contributed by atoms with van der Waals surface area (Å²) >= 11 is 0. The summed E-state index contributed by atoms with van der Waals surface area (Å²) in [4.78, 5) is 11.1. The molecule has 0 saturated heterocycles. The lowest BCUT2D eigenvalue weighted by Crippen LogP contribution is -2.24. The summed E-state index contributed by atoms with van der Waals surface area (Å²) in [6.07, 6.45) is 0.641. The third-order valence-electron chi connectivity index (χ3n) is 2.71. The molecule has 1 unspecified atom stereocenters. The van der Waals surface area contributed by atoms with Crippen LogP contribution in [0.25, 0.3) is 0 Å². The number of esters is 1. The van der Waals surface area contributed by atoms with Crippen molar-refractivity contribution >= 4 is 5.97 Å². The Morgan fingerprint density at radius 3 is 3.12 bits per heavy atom. The van der Waals surface area contributed by atoms with Gasteiger partial charge in [-0.2, -0.15) is 0 Å². The van der Waals surface area contributed by atoms with Gasteiger partial charge in [0.2, 0.25) is 0 Å². The number of nitrogens with one attached hydrogen (secondary N) is 1. The molecule has 0 amide bonds. The van der Waals surface area contributed by atoms with Gasteiger partial charge in [-0.05, 0) is 24.1 Å². The van der Waals surface area contributed by atoms with Gasteiger partial charge in [0.25, 0.3) is 0 Å². The highest BCUT2D eigenvalue weighted by atomic mass is 16.6. The fourth-order valence-corrected chi connectivity index (χ4v) is 1.94. The number of carbonyl (C=O) groups excluding carboxylic acids is 1. The van der Waals surface area contributed by atoms with Gasteiger partial charge in [-0.1, -0.05) is 24.3 Å². The van der Waals surface area contributed by atoms with Gasteiger partial charge >= 0.3 is 5.97 Å². The van der Waals surface area contributed by atoms with Crippen LogP contribution in [0.3, 0.4) is 0 Å². The number of ether oxygens (including phenoxy) is 1.